The van der Waals surface area contributed by atoms with Gasteiger partial charge in [0.1, 0.15) is 11.0 Å². The van der Waals surface area contributed by atoms with Crippen molar-refractivity contribution in [3.63, 3.8) is 0 Å². The molecule has 238 valence electrons. The molecule has 0 aromatic carbocycles. The Bertz CT molecular complexity index is 1050. The van der Waals surface area contributed by atoms with Crippen LogP contribution < -0.4 is 0 Å². The second-order valence-corrected chi connectivity index (χ2v) is 17.2. The summed E-state index contributed by atoms with van der Waals surface area (Å²) in [7, 11) is -0.857. The van der Waals surface area contributed by atoms with Crippen molar-refractivity contribution in [2.24, 2.45) is 22.9 Å². The molecule has 0 saturated carbocycles. The lowest BCUT2D eigenvalue weighted by atomic mass is 9.93. The SMILES string of the molecule is CC[C@H](C)[C@H](N=[N+]=[N-])C(=O)N(COC(=O)CC(C)C)[C@H](C[C@@H](O[Si](CC)(CC)CC)c1nc(C(=O)OC)cs1)C(C)C. The Morgan fingerprint density at radius 3 is 2.19 bits per heavy atom. The van der Waals surface area contributed by atoms with E-state index in [1.54, 1.807) is 5.38 Å². The Morgan fingerprint density at radius 1 is 1.10 bits per heavy atom. The number of amides is 1. The van der Waals surface area contributed by atoms with Crippen molar-refractivity contribution in [3.05, 3.63) is 26.5 Å². The number of hydrogen-bond donors (Lipinski definition) is 0. The van der Waals surface area contributed by atoms with Gasteiger partial charge < -0.3 is 18.8 Å². The molecule has 0 spiro atoms. The second kappa shape index (κ2) is 18.2. The third-order valence-corrected chi connectivity index (χ3v) is 13.6. The summed E-state index contributed by atoms with van der Waals surface area (Å²) in [4.78, 5) is 48.0. The zero-order valence-corrected chi connectivity index (χ0v) is 28.9. The van der Waals surface area contributed by atoms with Crippen LogP contribution in [0.4, 0.5) is 0 Å². The lowest BCUT2D eigenvalue weighted by Crippen LogP contribution is -2.51. The van der Waals surface area contributed by atoms with Gasteiger partial charge in [0.15, 0.2) is 20.7 Å². The van der Waals surface area contributed by atoms with E-state index in [0.717, 1.165) is 18.1 Å². The monoisotopic (exact) mass is 625 g/mol. The van der Waals surface area contributed by atoms with Gasteiger partial charge in [-0.25, -0.2) is 9.78 Å². The Labute approximate surface area is 256 Å². The number of carbonyl (C=O) groups is 3. The number of nitrogens with zero attached hydrogens (tertiary/aromatic N) is 5. The Balaban J connectivity index is 3.66. The van der Waals surface area contributed by atoms with E-state index in [9.17, 15) is 19.9 Å². The molecule has 42 heavy (non-hydrogen) atoms. The standard InChI is InChI=1S/C29H51N5O6SSi/c1-11-21(9)26(32-33-30)28(36)34(18-39-25(35)15-19(5)6)23(20(7)8)16-24(40-42(12-2,13-3)14-4)27-31-22(17-41-27)29(37)38-10/h17,19-21,23-24,26H,11-16,18H2,1-10H3/t21-,23+,24+,26-/m0/s1. The van der Waals surface area contributed by atoms with Crippen LogP contribution in [0.3, 0.4) is 0 Å². The van der Waals surface area contributed by atoms with Gasteiger partial charge in [-0.15, -0.1) is 11.3 Å². The number of azide groups is 1. The molecule has 0 N–H and O–H groups in total. The van der Waals surface area contributed by atoms with E-state index in [0.29, 0.717) is 17.8 Å². The van der Waals surface area contributed by atoms with Crippen molar-refractivity contribution in [1.82, 2.24) is 9.88 Å². The van der Waals surface area contributed by atoms with Gasteiger partial charge >= 0.3 is 11.9 Å². The summed E-state index contributed by atoms with van der Waals surface area (Å²) < 4.78 is 17.5. The van der Waals surface area contributed by atoms with E-state index < -0.39 is 44.4 Å². The van der Waals surface area contributed by atoms with Crippen LogP contribution in [-0.4, -0.2) is 62.0 Å². The Kier molecular flexibility index (Phi) is 16.3. The smallest absolute Gasteiger partial charge is 0.357 e. The van der Waals surface area contributed by atoms with E-state index in [2.05, 4.69) is 35.8 Å². The number of carbonyl (C=O) groups excluding carboxylic acids is 3. The topological polar surface area (TPSA) is 144 Å². The summed E-state index contributed by atoms with van der Waals surface area (Å²) in [5, 5.41) is 6.15. The minimum atomic E-state index is -2.17. The molecular formula is C29H51N5O6SSi. The Hall–Kier alpha value is -2.47. The molecule has 1 aromatic heterocycles. The van der Waals surface area contributed by atoms with Gasteiger partial charge in [-0.2, -0.15) is 0 Å². The first-order valence-electron chi connectivity index (χ1n) is 15.0. The van der Waals surface area contributed by atoms with Crippen LogP contribution in [0.2, 0.25) is 18.1 Å². The lowest BCUT2D eigenvalue weighted by Gasteiger charge is -2.40. The van der Waals surface area contributed by atoms with Crippen LogP contribution in [-0.2, 0) is 23.5 Å². The number of ether oxygens (including phenoxy) is 2. The van der Waals surface area contributed by atoms with Crippen LogP contribution >= 0.6 is 11.3 Å². The molecular weight excluding hydrogens is 575 g/mol. The van der Waals surface area contributed by atoms with Gasteiger partial charge in [0.25, 0.3) is 0 Å². The maximum atomic E-state index is 14.1. The fourth-order valence-electron chi connectivity index (χ4n) is 4.83. The van der Waals surface area contributed by atoms with Crippen LogP contribution in [0.15, 0.2) is 10.5 Å². The predicted octanol–water partition coefficient (Wildman–Crippen LogP) is 7.51. The highest BCUT2D eigenvalue weighted by molar-refractivity contribution is 7.09. The zero-order valence-electron chi connectivity index (χ0n) is 27.1. The molecule has 1 heterocycles. The predicted molar refractivity (Wildman–Crippen MR) is 167 cm³/mol. The molecule has 1 rings (SSSR count). The maximum absolute atomic E-state index is 14.1. The maximum Gasteiger partial charge on any atom is 0.357 e. The van der Waals surface area contributed by atoms with E-state index in [-0.39, 0.29) is 36.6 Å². The molecule has 1 aromatic rings. The normalized spacial score (nSPS) is 14.6. The fourth-order valence-corrected chi connectivity index (χ4v) is 8.55. The van der Waals surface area contributed by atoms with Gasteiger partial charge in [-0.05, 0) is 47.8 Å². The van der Waals surface area contributed by atoms with Gasteiger partial charge in [-0.1, -0.05) is 73.8 Å². The van der Waals surface area contributed by atoms with Crippen molar-refractivity contribution in [3.8, 4) is 0 Å². The first kappa shape index (κ1) is 37.6. The van der Waals surface area contributed by atoms with Gasteiger partial charge in [0.05, 0.1) is 13.2 Å². The summed E-state index contributed by atoms with van der Waals surface area (Å²) in [5.74, 6) is -1.52. The highest BCUT2D eigenvalue weighted by Gasteiger charge is 2.39. The molecule has 0 saturated heterocycles. The summed E-state index contributed by atoms with van der Waals surface area (Å²) >= 11 is 1.33. The van der Waals surface area contributed by atoms with Crippen LogP contribution in [0, 0.1) is 17.8 Å². The van der Waals surface area contributed by atoms with Gasteiger partial charge in [-0.3, -0.25) is 9.59 Å². The van der Waals surface area contributed by atoms with Gasteiger partial charge in [0.2, 0.25) is 5.91 Å². The second-order valence-electron chi connectivity index (χ2n) is 11.5. The molecule has 0 bridgehead atoms. The summed E-state index contributed by atoms with van der Waals surface area (Å²) in [5.41, 5.74) is 9.50. The average molecular weight is 626 g/mol. The third kappa shape index (κ3) is 10.7. The molecule has 0 aliphatic rings. The zero-order chi connectivity index (χ0) is 32.0. The minimum absolute atomic E-state index is 0.0755. The van der Waals surface area contributed by atoms with E-state index in [1.165, 1.54) is 23.3 Å². The minimum Gasteiger partial charge on any atom is -0.464 e. The first-order chi connectivity index (χ1) is 19.8. The highest BCUT2D eigenvalue weighted by Crippen LogP contribution is 2.37. The van der Waals surface area contributed by atoms with Crippen molar-refractivity contribution in [1.29, 1.82) is 0 Å². The number of rotatable bonds is 19. The van der Waals surface area contributed by atoms with Crippen LogP contribution in [0.1, 0.15) is 103 Å². The number of hydrogen-bond acceptors (Lipinski definition) is 9. The Morgan fingerprint density at radius 2 is 1.71 bits per heavy atom. The average Bonchev–Trinajstić information content (AvgIpc) is 3.46. The van der Waals surface area contributed by atoms with Crippen molar-refractivity contribution < 1.29 is 28.3 Å². The number of esters is 2. The van der Waals surface area contributed by atoms with E-state index >= 15 is 0 Å². The fraction of sp³-hybridized carbons (Fsp3) is 0.793. The van der Waals surface area contributed by atoms with Crippen LogP contribution in [0.25, 0.3) is 10.4 Å². The largest absolute Gasteiger partial charge is 0.464 e. The number of aromatic nitrogens is 1. The van der Waals surface area contributed by atoms with E-state index in [4.69, 9.17) is 13.9 Å². The van der Waals surface area contributed by atoms with Crippen LogP contribution in [0.5, 0.6) is 0 Å². The number of thiazole rings is 1. The molecule has 0 aliphatic heterocycles. The molecule has 4 atom stereocenters. The highest BCUT2D eigenvalue weighted by atomic mass is 32.1. The third-order valence-electron chi connectivity index (χ3n) is 7.98. The molecule has 0 aliphatic carbocycles. The molecule has 0 unspecified atom stereocenters. The van der Waals surface area contributed by atoms with E-state index in [1.807, 2.05) is 41.5 Å². The number of methoxy groups -OCH3 is 1. The molecule has 11 nitrogen and oxygen atoms in total. The van der Waals surface area contributed by atoms with Crippen molar-refractivity contribution >= 4 is 37.5 Å². The summed E-state index contributed by atoms with van der Waals surface area (Å²) in [6, 6.07) is 1.31. The molecule has 13 heteroatoms. The summed E-state index contributed by atoms with van der Waals surface area (Å²) in [6.07, 6.45) is 0.702. The lowest BCUT2D eigenvalue weighted by molar-refractivity contribution is -0.158. The molecule has 0 radical (unpaired) electrons. The molecule has 0 fully saturated rings. The van der Waals surface area contributed by atoms with Gasteiger partial charge in [0, 0.05) is 22.8 Å². The molecule has 1 amide bonds. The van der Waals surface area contributed by atoms with Crippen molar-refractivity contribution in [2.75, 3.05) is 13.8 Å². The summed E-state index contributed by atoms with van der Waals surface area (Å²) in [6.45, 7) is 17.8. The quantitative estimate of drug-likeness (QED) is 0.0386. The van der Waals surface area contributed by atoms with Crippen molar-refractivity contribution in [2.45, 2.75) is 118 Å². The first-order valence-corrected chi connectivity index (χ1v) is 18.5.